The van der Waals surface area contributed by atoms with E-state index in [-0.39, 0.29) is 22.0 Å². The van der Waals surface area contributed by atoms with E-state index in [1.807, 2.05) is 38.1 Å². The molecule has 0 bridgehead atoms. The molecule has 0 spiro atoms. The molecule has 0 saturated carbocycles. The molecule has 0 saturated heterocycles. The zero-order chi connectivity index (χ0) is 19.9. The molecule has 8 heteroatoms. The van der Waals surface area contributed by atoms with Crippen LogP contribution in [0.15, 0.2) is 41.3 Å². The monoisotopic (exact) mass is 408 g/mol. The summed E-state index contributed by atoms with van der Waals surface area (Å²) in [4.78, 5) is 0.0215. The summed E-state index contributed by atoms with van der Waals surface area (Å²) in [6.07, 6.45) is 0.482. The van der Waals surface area contributed by atoms with Crippen LogP contribution in [0, 0.1) is 11.3 Å². The standard InChI is InChI=1S/C19H21ClN2O4S/c1-3-25-18-8-5-14(11-19(18)26-4-2)9-10-22-27(23,24)16-7-6-15(13-21)17(20)12-16/h5-8,11-12,22H,3-4,9-10H2,1-2H3. The smallest absolute Gasteiger partial charge is 0.240 e. The Labute approximate surface area is 164 Å². The second kappa shape index (κ2) is 9.60. The molecule has 0 aliphatic rings. The van der Waals surface area contributed by atoms with Gasteiger partial charge in [0, 0.05) is 6.54 Å². The third kappa shape index (κ3) is 5.60. The van der Waals surface area contributed by atoms with Crippen LogP contribution in [0.1, 0.15) is 25.0 Å². The van der Waals surface area contributed by atoms with Crippen molar-refractivity contribution in [3.63, 3.8) is 0 Å². The SMILES string of the molecule is CCOc1ccc(CCNS(=O)(=O)c2ccc(C#N)c(Cl)c2)cc1OCC. The van der Waals surface area contributed by atoms with Gasteiger partial charge in [0.25, 0.3) is 0 Å². The number of hydrogen-bond donors (Lipinski definition) is 1. The van der Waals surface area contributed by atoms with E-state index in [9.17, 15) is 8.42 Å². The highest BCUT2D eigenvalue weighted by atomic mass is 35.5. The number of nitrogens with one attached hydrogen (secondary N) is 1. The maximum absolute atomic E-state index is 12.4. The molecule has 6 nitrogen and oxygen atoms in total. The third-order valence-electron chi connectivity index (χ3n) is 3.68. The van der Waals surface area contributed by atoms with Crippen LogP contribution in [0.3, 0.4) is 0 Å². The van der Waals surface area contributed by atoms with E-state index in [1.54, 1.807) is 0 Å². The Balaban J connectivity index is 2.05. The Morgan fingerprint density at radius 2 is 1.78 bits per heavy atom. The van der Waals surface area contributed by atoms with Gasteiger partial charge in [0.15, 0.2) is 11.5 Å². The van der Waals surface area contributed by atoms with Crippen molar-refractivity contribution in [2.75, 3.05) is 19.8 Å². The molecule has 1 N–H and O–H groups in total. The Morgan fingerprint density at radius 3 is 2.41 bits per heavy atom. The number of benzene rings is 2. The summed E-state index contributed by atoms with van der Waals surface area (Å²) < 4.78 is 38.4. The second-order valence-electron chi connectivity index (χ2n) is 5.55. The quantitative estimate of drug-likeness (QED) is 0.685. The highest BCUT2D eigenvalue weighted by Crippen LogP contribution is 2.28. The summed E-state index contributed by atoms with van der Waals surface area (Å²) in [5, 5.41) is 8.98. The predicted molar refractivity (Wildman–Crippen MR) is 104 cm³/mol. The summed E-state index contributed by atoms with van der Waals surface area (Å²) in [6.45, 7) is 5.04. The van der Waals surface area contributed by atoms with Gasteiger partial charge in [0.2, 0.25) is 10.0 Å². The molecule has 0 fully saturated rings. The molecule has 0 radical (unpaired) electrons. The lowest BCUT2D eigenvalue weighted by atomic mass is 10.1. The maximum Gasteiger partial charge on any atom is 0.240 e. The summed E-state index contributed by atoms with van der Waals surface area (Å²) >= 11 is 5.91. The van der Waals surface area contributed by atoms with Gasteiger partial charge in [-0.25, -0.2) is 13.1 Å². The van der Waals surface area contributed by atoms with Crippen LogP contribution in [0.2, 0.25) is 5.02 Å². The summed E-state index contributed by atoms with van der Waals surface area (Å²) in [7, 11) is -3.71. The average Bonchev–Trinajstić information content (AvgIpc) is 2.64. The maximum atomic E-state index is 12.4. The molecular weight excluding hydrogens is 388 g/mol. The van der Waals surface area contributed by atoms with Gasteiger partial charge >= 0.3 is 0 Å². The third-order valence-corrected chi connectivity index (χ3v) is 5.46. The van der Waals surface area contributed by atoms with Crippen LogP contribution in [0.5, 0.6) is 11.5 Å². The molecule has 2 aromatic carbocycles. The van der Waals surface area contributed by atoms with Crippen molar-refractivity contribution >= 4 is 21.6 Å². The molecule has 0 heterocycles. The van der Waals surface area contributed by atoms with Gasteiger partial charge in [0.05, 0.1) is 28.7 Å². The first-order valence-electron chi connectivity index (χ1n) is 8.49. The van der Waals surface area contributed by atoms with E-state index in [1.165, 1.54) is 18.2 Å². The summed E-state index contributed by atoms with van der Waals surface area (Å²) in [5.74, 6) is 1.30. The van der Waals surface area contributed by atoms with Gasteiger partial charge in [-0.1, -0.05) is 17.7 Å². The molecule has 144 valence electrons. The lowest BCUT2D eigenvalue weighted by molar-refractivity contribution is 0.287. The normalized spacial score (nSPS) is 11.0. The molecule has 2 rings (SSSR count). The van der Waals surface area contributed by atoms with Crippen LogP contribution in [0.4, 0.5) is 0 Å². The van der Waals surface area contributed by atoms with E-state index in [2.05, 4.69) is 4.72 Å². The first-order chi connectivity index (χ1) is 12.9. The van der Waals surface area contributed by atoms with Crippen molar-refractivity contribution in [1.82, 2.24) is 4.72 Å². The van der Waals surface area contributed by atoms with Gasteiger partial charge in [-0.3, -0.25) is 0 Å². The van der Waals surface area contributed by atoms with E-state index in [4.69, 9.17) is 26.3 Å². The number of halogens is 1. The number of sulfonamides is 1. The second-order valence-corrected chi connectivity index (χ2v) is 7.72. The number of nitrogens with zero attached hydrogens (tertiary/aromatic N) is 1. The molecule has 0 unspecified atom stereocenters. The highest BCUT2D eigenvalue weighted by molar-refractivity contribution is 7.89. The molecular formula is C19H21ClN2O4S. The number of rotatable bonds is 9. The van der Waals surface area contributed by atoms with Gasteiger partial charge < -0.3 is 9.47 Å². The number of hydrogen-bond acceptors (Lipinski definition) is 5. The Morgan fingerprint density at radius 1 is 1.07 bits per heavy atom. The van der Waals surface area contributed by atoms with E-state index < -0.39 is 10.0 Å². The van der Waals surface area contributed by atoms with Crippen LogP contribution in [-0.4, -0.2) is 28.2 Å². The highest BCUT2D eigenvalue weighted by Gasteiger charge is 2.15. The van der Waals surface area contributed by atoms with Crippen LogP contribution in [-0.2, 0) is 16.4 Å². The lowest BCUT2D eigenvalue weighted by Crippen LogP contribution is -2.26. The predicted octanol–water partition coefficient (Wildman–Crippen LogP) is 3.53. The van der Waals surface area contributed by atoms with Crippen molar-refractivity contribution in [1.29, 1.82) is 5.26 Å². The molecule has 2 aromatic rings. The molecule has 0 amide bonds. The minimum absolute atomic E-state index is 0.0215. The van der Waals surface area contributed by atoms with Crippen molar-refractivity contribution in [2.45, 2.75) is 25.2 Å². The Hall–Kier alpha value is -2.27. The van der Waals surface area contributed by atoms with E-state index in [0.29, 0.717) is 31.1 Å². The molecule has 0 aliphatic heterocycles. The topological polar surface area (TPSA) is 88.4 Å². The van der Waals surface area contributed by atoms with Crippen molar-refractivity contribution in [3.05, 3.63) is 52.5 Å². The zero-order valence-electron chi connectivity index (χ0n) is 15.2. The fourth-order valence-electron chi connectivity index (χ4n) is 2.42. The van der Waals surface area contributed by atoms with Gasteiger partial charge in [-0.15, -0.1) is 0 Å². The molecule has 0 aromatic heterocycles. The first kappa shape index (κ1) is 21.0. The molecule has 0 atom stereocenters. The van der Waals surface area contributed by atoms with Crippen LogP contribution >= 0.6 is 11.6 Å². The Bertz CT molecular complexity index is 939. The largest absolute Gasteiger partial charge is 0.490 e. The van der Waals surface area contributed by atoms with Crippen LogP contribution < -0.4 is 14.2 Å². The van der Waals surface area contributed by atoms with Crippen molar-refractivity contribution < 1.29 is 17.9 Å². The lowest BCUT2D eigenvalue weighted by Gasteiger charge is -2.13. The van der Waals surface area contributed by atoms with Gasteiger partial charge in [-0.05, 0) is 56.2 Å². The van der Waals surface area contributed by atoms with E-state index >= 15 is 0 Å². The average molecular weight is 409 g/mol. The van der Waals surface area contributed by atoms with Crippen LogP contribution in [0.25, 0.3) is 0 Å². The minimum Gasteiger partial charge on any atom is -0.490 e. The fourth-order valence-corrected chi connectivity index (χ4v) is 3.76. The van der Waals surface area contributed by atoms with Gasteiger partial charge in [0.1, 0.15) is 6.07 Å². The summed E-state index contributed by atoms with van der Waals surface area (Å²) in [5.41, 5.74) is 1.15. The molecule has 27 heavy (non-hydrogen) atoms. The minimum atomic E-state index is -3.71. The summed E-state index contributed by atoms with van der Waals surface area (Å²) in [6, 6.07) is 11.5. The number of ether oxygens (including phenoxy) is 2. The fraction of sp³-hybridized carbons (Fsp3) is 0.316. The first-order valence-corrected chi connectivity index (χ1v) is 10.3. The van der Waals surface area contributed by atoms with Gasteiger partial charge in [-0.2, -0.15) is 5.26 Å². The van der Waals surface area contributed by atoms with E-state index in [0.717, 1.165) is 5.56 Å². The zero-order valence-corrected chi connectivity index (χ0v) is 16.7. The van der Waals surface area contributed by atoms with Crippen molar-refractivity contribution in [3.8, 4) is 17.6 Å². The van der Waals surface area contributed by atoms with Crippen molar-refractivity contribution in [2.24, 2.45) is 0 Å². The molecule has 0 aliphatic carbocycles. The number of nitriles is 1. The Kier molecular flexibility index (Phi) is 7.48.